The summed E-state index contributed by atoms with van der Waals surface area (Å²) in [6.45, 7) is 0.357. The van der Waals surface area contributed by atoms with Crippen LogP contribution in [0, 0.1) is 0 Å². The van der Waals surface area contributed by atoms with Crippen LogP contribution < -0.4 is 0 Å². The van der Waals surface area contributed by atoms with Gasteiger partial charge < -0.3 is 18.8 Å². The standard InChI is InChI=1S/C17H16N2O4/c1-22-17(21)13-9-14(23-11-13)10-19-8-7-18-16(19)15(20)12-5-3-2-4-6-12/h2-9,11,15,20H,10H2,1H3/t15-/m1/s1. The SMILES string of the molecule is COC(=O)c1coc(Cn2ccnc2[C@H](O)c2ccccc2)c1. The number of rotatable bonds is 5. The second kappa shape index (κ2) is 6.50. The van der Waals surface area contributed by atoms with Crippen molar-refractivity contribution in [3.05, 3.63) is 77.8 Å². The molecule has 6 nitrogen and oxygen atoms in total. The zero-order chi connectivity index (χ0) is 16.2. The van der Waals surface area contributed by atoms with Crippen LogP contribution in [0.2, 0.25) is 0 Å². The molecule has 0 bridgehead atoms. The van der Waals surface area contributed by atoms with E-state index in [9.17, 15) is 9.90 Å². The zero-order valence-electron chi connectivity index (χ0n) is 12.5. The Morgan fingerprint density at radius 2 is 2.17 bits per heavy atom. The lowest BCUT2D eigenvalue weighted by molar-refractivity contribution is 0.0600. The summed E-state index contributed by atoms with van der Waals surface area (Å²) < 4.78 is 11.8. The smallest absolute Gasteiger partial charge is 0.341 e. The Labute approximate surface area is 133 Å². The maximum atomic E-state index is 11.4. The third-order valence-corrected chi connectivity index (χ3v) is 3.51. The third-order valence-electron chi connectivity index (χ3n) is 3.51. The van der Waals surface area contributed by atoms with Gasteiger partial charge in [0.2, 0.25) is 0 Å². The van der Waals surface area contributed by atoms with Gasteiger partial charge in [0.25, 0.3) is 0 Å². The number of methoxy groups -OCH3 is 1. The highest BCUT2D eigenvalue weighted by Crippen LogP contribution is 2.21. The molecule has 3 rings (SSSR count). The second-order valence-corrected chi connectivity index (χ2v) is 5.02. The summed E-state index contributed by atoms with van der Waals surface area (Å²) in [5.74, 6) is 0.632. The summed E-state index contributed by atoms with van der Waals surface area (Å²) in [5, 5.41) is 10.5. The van der Waals surface area contributed by atoms with Gasteiger partial charge in [0.05, 0.1) is 19.2 Å². The molecule has 2 aromatic heterocycles. The van der Waals surface area contributed by atoms with E-state index in [1.165, 1.54) is 13.4 Å². The Hall–Kier alpha value is -2.86. The molecule has 1 aromatic carbocycles. The maximum absolute atomic E-state index is 11.4. The Morgan fingerprint density at radius 3 is 2.91 bits per heavy atom. The van der Waals surface area contributed by atoms with Crippen LogP contribution in [0.1, 0.15) is 33.6 Å². The fraction of sp³-hybridized carbons (Fsp3) is 0.176. The van der Waals surface area contributed by atoms with Crippen molar-refractivity contribution in [3.63, 3.8) is 0 Å². The first-order valence-corrected chi connectivity index (χ1v) is 7.09. The summed E-state index contributed by atoms with van der Waals surface area (Å²) in [7, 11) is 1.32. The molecule has 118 valence electrons. The molecule has 3 aromatic rings. The van der Waals surface area contributed by atoms with Crippen molar-refractivity contribution in [2.24, 2.45) is 0 Å². The molecule has 6 heteroatoms. The van der Waals surface area contributed by atoms with Crippen molar-refractivity contribution in [3.8, 4) is 0 Å². The second-order valence-electron chi connectivity index (χ2n) is 5.02. The Balaban J connectivity index is 1.81. The minimum Gasteiger partial charge on any atom is -0.467 e. The molecule has 2 heterocycles. The molecule has 0 radical (unpaired) electrons. The van der Waals surface area contributed by atoms with Gasteiger partial charge in [0.1, 0.15) is 24.0 Å². The Morgan fingerprint density at radius 1 is 1.39 bits per heavy atom. The zero-order valence-corrected chi connectivity index (χ0v) is 12.5. The highest BCUT2D eigenvalue weighted by molar-refractivity contribution is 5.88. The predicted octanol–water partition coefficient (Wildman–Crippen LogP) is 2.39. The van der Waals surface area contributed by atoms with E-state index in [2.05, 4.69) is 9.72 Å². The number of nitrogens with zero attached hydrogens (tertiary/aromatic N) is 2. The quantitative estimate of drug-likeness (QED) is 0.732. The number of hydrogen-bond acceptors (Lipinski definition) is 5. The molecular formula is C17H16N2O4. The van der Waals surface area contributed by atoms with Crippen LogP contribution in [0.5, 0.6) is 0 Å². The molecule has 1 N–H and O–H groups in total. The number of aliphatic hydroxyl groups is 1. The van der Waals surface area contributed by atoms with E-state index in [4.69, 9.17) is 4.42 Å². The summed E-state index contributed by atoms with van der Waals surface area (Å²) in [5.41, 5.74) is 1.11. The number of furan rings is 1. The molecule has 0 saturated carbocycles. The van der Waals surface area contributed by atoms with Crippen LogP contribution in [-0.4, -0.2) is 27.7 Å². The lowest BCUT2D eigenvalue weighted by Gasteiger charge is -2.12. The van der Waals surface area contributed by atoms with E-state index in [1.54, 1.807) is 23.0 Å². The van der Waals surface area contributed by atoms with Crippen LogP contribution in [0.3, 0.4) is 0 Å². The molecule has 0 aliphatic heterocycles. The molecule has 0 aliphatic rings. The van der Waals surface area contributed by atoms with Crippen LogP contribution >= 0.6 is 0 Å². The molecule has 0 amide bonds. The molecule has 1 atom stereocenters. The molecule has 23 heavy (non-hydrogen) atoms. The van der Waals surface area contributed by atoms with E-state index < -0.39 is 12.1 Å². The van der Waals surface area contributed by atoms with Crippen molar-refractivity contribution < 1.29 is 19.1 Å². The minimum atomic E-state index is -0.832. The van der Waals surface area contributed by atoms with Gasteiger partial charge in [-0.25, -0.2) is 9.78 Å². The van der Waals surface area contributed by atoms with Gasteiger partial charge in [-0.2, -0.15) is 0 Å². The van der Waals surface area contributed by atoms with E-state index in [0.717, 1.165) is 5.56 Å². The van der Waals surface area contributed by atoms with Gasteiger partial charge in [0.15, 0.2) is 0 Å². The number of carbonyl (C=O) groups excluding carboxylic acids is 1. The maximum Gasteiger partial charge on any atom is 0.341 e. The van der Waals surface area contributed by atoms with Crippen molar-refractivity contribution >= 4 is 5.97 Å². The van der Waals surface area contributed by atoms with Gasteiger partial charge in [0, 0.05) is 12.4 Å². The van der Waals surface area contributed by atoms with Crippen LogP contribution in [0.25, 0.3) is 0 Å². The highest BCUT2D eigenvalue weighted by atomic mass is 16.5. The number of benzene rings is 1. The number of carbonyl (C=O) groups is 1. The average Bonchev–Trinajstić information content (AvgIpc) is 3.24. The highest BCUT2D eigenvalue weighted by Gasteiger charge is 2.17. The van der Waals surface area contributed by atoms with E-state index in [-0.39, 0.29) is 0 Å². The predicted molar refractivity (Wildman–Crippen MR) is 81.9 cm³/mol. The van der Waals surface area contributed by atoms with Gasteiger partial charge in [-0.05, 0) is 11.6 Å². The largest absolute Gasteiger partial charge is 0.467 e. The van der Waals surface area contributed by atoms with Crippen LogP contribution in [-0.2, 0) is 11.3 Å². The number of aliphatic hydroxyl groups excluding tert-OH is 1. The van der Waals surface area contributed by atoms with Gasteiger partial charge in [-0.15, -0.1) is 0 Å². The fourth-order valence-corrected chi connectivity index (χ4v) is 2.34. The first-order valence-electron chi connectivity index (χ1n) is 7.09. The van der Waals surface area contributed by atoms with Crippen LogP contribution in [0.4, 0.5) is 0 Å². The first-order chi connectivity index (χ1) is 11.2. The summed E-state index contributed by atoms with van der Waals surface area (Å²) in [6, 6.07) is 10.9. The Bertz CT molecular complexity index is 792. The summed E-state index contributed by atoms with van der Waals surface area (Å²) in [6.07, 6.45) is 3.89. The third kappa shape index (κ3) is 3.17. The molecular weight excluding hydrogens is 296 g/mol. The van der Waals surface area contributed by atoms with E-state index >= 15 is 0 Å². The van der Waals surface area contributed by atoms with E-state index in [0.29, 0.717) is 23.7 Å². The number of esters is 1. The molecule has 0 fully saturated rings. The fourth-order valence-electron chi connectivity index (χ4n) is 2.34. The number of aromatic nitrogens is 2. The Kier molecular flexibility index (Phi) is 4.25. The van der Waals surface area contributed by atoms with Crippen molar-refractivity contribution in [1.29, 1.82) is 0 Å². The van der Waals surface area contributed by atoms with Crippen molar-refractivity contribution in [2.75, 3.05) is 7.11 Å². The summed E-state index contributed by atoms with van der Waals surface area (Å²) >= 11 is 0. The molecule has 0 unspecified atom stereocenters. The average molecular weight is 312 g/mol. The molecule has 0 spiro atoms. The minimum absolute atomic E-state index is 0.354. The molecule has 0 saturated heterocycles. The topological polar surface area (TPSA) is 77.5 Å². The number of ether oxygens (including phenoxy) is 1. The lowest BCUT2D eigenvalue weighted by atomic mass is 10.1. The van der Waals surface area contributed by atoms with Crippen molar-refractivity contribution in [1.82, 2.24) is 9.55 Å². The lowest BCUT2D eigenvalue weighted by Crippen LogP contribution is -2.10. The monoisotopic (exact) mass is 312 g/mol. The first kappa shape index (κ1) is 15.1. The normalized spacial score (nSPS) is 12.1. The summed E-state index contributed by atoms with van der Waals surface area (Å²) in [4.78, 5) is 15.7. The van der Waals surface area contributed by atoms with Gasteiger partial charge in [-0.1, -0.05) is 30.3 Å². The van der Waals surface area contributed by atoms with E-state index in [1.807, 2.05) is 30.3 Å². The molecule has 0 aliphatic carbocycles. The van der Waals surface area contributed by atoms with Crippen molar-refractivity contribution in [2.45, 2.75) is 12.6 Å². The number of imidazole rings is 1. The van der Waals surface area contributed by atoms with Gasteiger partial charge in [-0.3, -0.25) is 0 Å². The number of hydrogen-bond donors (Lipinski definition) is 1. The van der Waals surface area contributed by atoms with Crippen LogP contribution in [0.15, 0.2) is 59.5 Å². The van der Waals surface area contributed by atoms with Gasteiger partial charge >= 0.3 is 5.97 Å².